The van der Waals surface area contributed by atoms with Crippen LogP contribution in [-0.2, 0) is 14.3 Å². The van der Waals surface area contributed by atoms with Crippen LogP contribution in [0.5, 0.6) is 5.75 Å². The molecule has 1 fully saturated rings. The number of carbonyl (C=O) groups excluding carboxylic acids is 2. The number of nitrogens with zero attached hydrogens (tertiary/aromatic N) is 3. The molecule has 2 bridgehead atoms. The molecule has 0 saturated carbocycles. The van der Waals surface area contributed by atoms with Crippen LogP contribution in [0.15, 0.2) is 48.5 Å². The number of ether oxygens (including phenoxy) is 3. The molecule has 196 valence electrons. The van der Waals surface area contributed by atoms with Crippen molar-refractivity contribution in [3.05, 3.63) is 65.2 Å². The third-order valence-electron chi connectivity index (χ3n) is 7.31. The van der Waals surface area contributed by atoms with E-state index < -0.39 is 0 Å². The molecule has 0 N–H and O–H groups in total. The van der Waals surface area contributed by atoms with Gasteiger partial charge in [-0.3, -0.25) is 9.59 Å². The summed E-state index contributed by atoms with van der Waals surface area (Å²) in [6.07, 6.45) is 2.21. The monoisotopic (exact) mass is 505 g/mol. The SMILES string of the molecule is CO[C@H]1CC[C@H]2CCOc3ccc(C#N)cc3C(=O)N(C)C[C@@H](c3ccccc3)CC(=O)N(C)C[C@H]1O2. The largest absolute Gasteiger partial charge is 0.493 e. The molecule has 1 saturated heterocycles. The number of carbonyl (C=O) groups is 2. The third kappa shape index (κ3) is 6.48. The molecule has 0 radical (unpaired) electrons. The zero-order valence-corrected chi connectivity index (χ0v) is 21.8. The van der Waals surface area contributed by atoms with Crippen LogP contribution in [0.1, 0.15) is 53.1 Å². The van der Waals surface area contributed by atoms with E-state index >= 15 is 0 Å². The van der Waals surface area contributed by atoms with Gasteiger partial charge in [-0.1, -0.05) is 30.3 Å². The maximum absolute atomic E-state index is 13.6. The van der Waals surface area contributed by atoms with Gasteiger partial charge in [-0.2, -0.15) is 5.26 Å². The average molecular weight is 506 g/mol. The van der Waals surface area contributed by atoms with Crippen molar-refractivity contribution in [3.63, 3.8) is 0 Å². The minimum absolute atomic E-state index is 0.0159. The van der Waals surface area contributed by atoms with Crippen LogP contribution in [0.4, 0.5) is 0 Å². The summed E-state index contributed by atoms with van der Waals surface area (Å²) in [5, 5.41) is 9.43. The van der Waals surface area contributed by atoms with Gasteiger partial charge in [-0.05, 0) is 36.6 Å². The maximum Gasteiger partial charge on any atom is 0.257 e. The van der Waals surface area contributed by atoms with E-state index in [1.54, 1.807) is 49.2 Å². The Morgan fingerprint density at radius 1 is 1.00 bits per heavy atom. The lowest BCUT2D eigenvalue weighted by atomic mass is 9.93. The van der Waals surface area contributed by atoms with Crippen molar-refractivity contribution in [1.82, 2.24) is 9.80 Å². The van der Waals surface area contributed by atoms with Crippen molar-refractivity contribution < 1.29 is 23.8 Å². The fraction of sp³-hybridized carbons (Fsp3) is 0.483. The summed E-state index contributed by atoms with van der Waals surface area (Å²) in [6.45, 7) is 1.14. The molecule has 2 aromatic carbocycles. The molecule has 2 aliphatic heterocycles. The van der Waals surface area contributed by atoms with E-state index in [0.717, 1.165) is 18.4 Å². The van der Waals surface area contributed by atoms with Crippen LogP contribution < -0.4 is 4.74 Å². The Hall–Kier alpha value is -3.41. The van der Waals surface area contributed by atoms with Gasteiger partial charge in [0.05, 0.1) is 36.0 Å². The van der Waals surface area contributed by atoms with Gasteiger partial charge in [0.25, 0.3) is 5.91 Å². The summed E-state index contributed by atoms with van der Waals surface area (Å²) < 4.78 is 18.1. The molecule has 4 rings (SSSR count). The number of fused-ring (bicyclic) bond motifs is 3. The summed E-state index contributed by atoms with van der Waals surface area (Å²) in [4.78, 5) is 30.3. The fourth-order valence-electron chi connectivity index (χ4n) is 5.14. The minimum atomic E-state index is -0.252. The molecule has 0 aliphatic carbocycles. The number of methoxy groups -OCH3 is 1. The van der Waals surface area contributed by atoms with E-state index in [-0.39, 0.29) is 42.5 Å². The first-order valence-corrected chi connectivity index (χ1v) is 12.8. The Morgan fingerprint density at radius 2 is 1.78 bits per heavy atom. The average Bonchev–Trinajstić information content (AvgIpc) is 2.92. The minimum Gasteiger partial charge on any atom is -0.493 e. The summed E-state index contributed by atoms with van der Waals surface area (Å²) in [5.41, 5.74) is 1.71. The first-order chi connectivity index (χ1) is 17.9. The van der Waals surface area contributed by atoms with Crippen LogP contribution in [-0.4, -0.2) is 80.8 Å². The molecular formula is C29H35N3O5. The highest BCUT2D eigenvalue weighted by atomic mass is 16.5. The molecular weight excluding hydrogens is 470 g/mol. The summed E-state index contributed by atoms with van der Waals surface area (Å²) >= 11 is 0. The normalized spacial score (nSPS) is 25.7. The smallest absolute Gasteiger partial charge is 0.257 e. The van der Waals surface area contributed by atoms with Crippen LogP contribution >= 0.6 is 0 Å². The van der Waals surface area contributed by atoms with Gasteiger partial charge >= 0.3 is 0 Å². The molecule has 2 aromatic rings. The van der Waals surface area contributed by atoms with E-state index in [9.17, 15) is 14.9 Å². The van der Waals surface area contributed by atoms with E-state index in [1.165, 1.54) is 0 Å². The van der Waals surface area contributed by atoms with Crippen molar-refractivity contribution in [2.75, 3.05) is 40.9 Å². The van der Waals surface area contributed by atoms with E-state index in [1.807, 2.05) is 30.3 Å². The molecule has 8 heteroatoms. The summed E-state index contributed by atoms with van der Waals surface area (Å²) in [6, 6.07) is 16.8. The number of benzene rings is 2. The van der Waals surface area contributed by atoms with Gasteiger partial charge in [-0.15, -0.1) is 0 Å². The first kappa shape index (κ1) is 26.6. The number of nitriles is 1. The van der Waals surface area contributed by atoms with Crippen LogP contribution in [0, 0.1) is 11.3 Å². The zero-order valence-electron chi connectivity index (χ0n) is 21.8. The zero-order chi connectivity index (χ0) is 26.4. The second kappa shape index (κ2) is 12.2. The molecule has 0 aromatic heterocycles. The molecule has 8 nitrogen and oxygen atoms in total. The van der Waals surface area contributed by atoms with Crippen molar-refractivity contribution in [1.29, 1.82) is 5.26 Å². The second-order valence-corrected chi connectivity index (χ2v) is 9.88. The molecule has 4 atom stereocenters. The van der Waals surface area contributed by atoms with Crippen LogP contribution in [0.3, 0.4) is 0 Å². The van der Waals surface area contributed by atoms with Gasteiger partial charge in [-0.25, -0.2) is 0 Å². The Labute approximate surface area is 218 Å². The highest BCUT2D eigenvalue weighted by Gasteiger charge is 2.34. The topological polar surface area (TPSA) is 92.1 Å². The quantitative estimate of drug-likeness (QED) is 0.619. The van der Waals surface area contributed by atoms with Gasteiger partial charge in [0.1, 0.15) is 11.9 Å². The predicted molar refractivity (Wildman–Crippen MR) is 138 cm³/mol. The van der Waals surface area contributed by atoms with Gasteiger partial charge in [0, 0.05) is 53.1 Å². The lowest BCUT2D eigenvalue weighted by Crippen LogP contribution is -2.48. The maximum atomic E-state index is 13.6. The van der Waals surface area contributed by atoms with Crippen LogP contribution in [0.2, 0.25) is 0 Å². The highest BCUT2D eigenvalue weighted by Crippen LogP contribution is 2.29. The van der Waals surface area contributed by atoms with Crippen LogP contribution in [0.25, 0.3) is 0 Å². The Balaban J connectivity index is 1.68. The summed E-state index contributed by atoms with van der Waals surface area (Å²) in [7, 11) is 5.20. The lowest BCUT2D eigenvalue weighted by Gasteiger charge is -2.38. The molecule has 2 aliphatic rings. The Morgan fingerprint density at radius 3 is 2.51 bits per heavy atom. The van der Waals surface area contributed by atoms with Crippen molar-refractivity contribution in [3.8, 4) is 11.8 Å². The highest BCUT2D eigenvalue weighted by molar-refractivity contribution is 5.97. The molecule has 2 amide bonds. The van der Waals surface area contributed by atoms with Crippen molar-refractivity contribution in [2.45, 2.75) is 49.9 Å². The van der Waals surface area contributed by atoms with E-state index in [2.05, 4.69) is 6.07 Å². The Bertz CT molecular complexity index is 1130. The third-order valence-corrected chi connectivity index (χ3v) is 7.31. The van der Waals surface area contributed by atoms with Gasteiger partial charge < -0.3 is 24.0 Å². The molecule has 0 unspecified atom stereocenters. The van der Waals surface area contributed by atoms with Crippen molar-refractivity contribution >= 4 is 11.8 Å². The number of hydrogen-bond donors (Lipinski definition) is 0. The first-order valence-electron chi connectivity index (χ1n) is 12.8. The van der Waals surface area contributed by atoms with E-state index in [4.69, 9.17) is 14.2 Å². The van der Waals surface area contributed by atoms with E-state index in [0.29, 0.717) is 43.0 Å². The number of hydrogen-bond acceptors (Lipinski definition) is 6. The number of rotatable bonds is 2. The Kier molecular flexibility index (Phi) is 8.80. The molecule has 37 heavy (non-hydrogen) atoms. The van der Waals surface area contributed by atoms with Gasteiger partial charge in [0.15, 0.2) is 0 Å². The number of amides is 2. The van der Waals surface area contributed by atoms with Gasteiger partial charge in [0.2, 0.25) is 5.91 Å². The number of likely N-dealkylation sites (N-methyl/N-ethyl adjacent to an activating group) is 2. The fourth-order valence-corrected chi connectivity index (χ4v) is 5.14. The standard InChI is InChI=1S/C29H35N3O5/c1-31-19-27-26(35-3)12-10-23(37-27)13-14-36-25-11-9-20(17-30)15-24(25)29(34)32(2)18-22(16-28(31)33)21-7-5-4-6-8-21/h4-9,11,15,22-23,26-27H,10,12-14,16,18-19H2,1-3H3/t22-,23-,26-,27+/m0/s1. The van der Waals surface area contributed by atoms with Crippen molar-refractivity contribution in [2.24, 2.45) is 0 Å². The lowest BCUT2D eigenvalue weighted by molar-refractivity contribution is -0.150. The summed E-state index contributed by atoms with van der Waals surface area (Å²) in [5.74, 6) is -0.0346. The molecule has 2 heterocycles. The second-order valence-electron chi connectivity index (χ2n) is 9.88. The predicted octanol–water partition coefficient (Wildman–Crippen LogP) is 3.61. The molecule has 0 spiro atoms.